The third kappa shape index (κ3) is 4.57. The predicted octanol–water partition coefficient (Wildman–Crippen LogP) is 2.24. The number of aliphatic hydroxyl groups excluding tert-OH is 1. The Balaban J connectivity index is 1.49. The lowest BCUT2D eigenvalue weighted by molar-refractivity contribution is -0.122. The van der Waals surface area contributed by atoms with Crippen LogP contribution in [0.25, 0.3) is 0 Å². The van der Waals surface area contributed by atoms with Crippen LogP contribution in [0.5, 0.6) is 0 Å². The van der Waals surface area contributed by atoms with Crippen LogP contribution in [-0.4, -0.2) is 29.6 Å². The molecular formula is C19H26N2O3. The quantitative estimate of drug-likeness (QED) is 0.748. The van der Waals surface area contributed by atoms with Gasteiger partial charge in [0.25, 0.3) is 0 Å². The summed E-state index contributed by atoms with van der Waals surface area (Å²) in [6.45, 7) is 0.139. The van der Waals surface area contributed by atoms with Gasteiger partial charge >= 0.3 is 0 Å². The molecule has 24 heavy (non-hydrogen) atoms. The summed E-state index contributed by atoms with van der Waals surface area (Å²) in [6.07, 6.45) is 6.47. The second-order valence-corrected chi connectivity index (χ2v) is 7.04. The van der Waals surface area contributed by atoms with Crippen LogP contribution in [0.15, 0.2) is 24.3 Å². The van der Waals surface area contributed by atoms with E-state index in [1.54, 1.807) is 0 Å². The summed E-state index contributed by atoms with van der Waals surface area (Å²) < 4.78 is 0. The lowest BCUT2D eigenvalue weighted by atomic mass is 9.85. The summed E-state index contributed by atoms with van der Waals surface area (Å²) in [6, 6.07) is 7.55. The van der Waals surface area contributed by atoms with Gasteiger partial charge in [0.1, 0.15) is 0 Å². The molecule has 2 unspecified atom stereocenters. The van der Waals surface area contributed by atoms with Crippen molar-refractivity contribution < 1.29 is 14.7 Å². The Morgan fingerprint density at radius 2 is 1.75 bits per heavy atom. The highest BCUT2D eigenvalue weighted by molar-refractivity contribution is 5.94. The van der Waals surface area contributed by atoms with Crippen LogP contribution in [0.3, 0.4) is 0 Å². The average molecular weight is 330 g/mol. The Hall–Kier alpha value is -1.88. The van der Waals surface area contributed by atoms with Crippen molar-refractivity contribution in [2.24, 2.45) is 11.8 Å². The number of hydrogen-bond acceptors (Lipinski definition) is 3. The van der Waals surface area contributed by atoms with Gasteiger partial charge in [-0.1, -0.05) is 25.0 Å². The van der Waals surface area contributed by atoms with Crippen molar-refractivity contribution in [3.63, 3.8) is 0 Å². The second-order valence-electron chi connectivity index (χ2n) is 7.04. The van der Waals surface area contributed by atoms with Gasteiger partial charge in [0.05, 0.1) is 6.42 Å². The first-order valence-electron chi connectivity index (χ1n) is 8.95. The standard InChI is InChI=1S/C19H26N2O3/c22-12-15-3-1-2-4-17(15)21-18(23)11-13-5-9-16(10-6-13)20-19(24)14-7-8-14/h5-6,9-10,14-15,17,22H,1-4,7-8,11-12H2,(H,20,24)(H,21,23). The zero-order chi connectivity index (χ0) is 16.9. The first kappa shape index (κ1) is 17.0. The lowest BCUT2D eigenvalue weighted by Gasteiger charge is -2.30. The van der Waals surface area contributed by atoms with E-state index in [2.05, 4.69) is 10.6 Å². The molecule has 0 aliphatic heterocycles. The fourth-order valence-electron chi connectivity index (χ4n) is 3.36. The average Bonchev–Trinajstić information content (AvgIpc) is 3.42. The van der Waals surface area contributed by atoms with Crippen LogP contribution < -0.4 is 10.6 Å². The molecule has 0 bridgehead atoms. The van der Waals surface area contributed by atoms with Crippen molar-refractivity contribution in [3.8, 4) is 0 Å². The zero-order valence-electron chi connectivity index (χ0n) is 14.0. The van der Waals surface area contributed by atoms with Gasteiger partial charge in [0, 0.05) is 30.2 Å². The third-order valence-electron chi connectivity index (χ3n) is 5.02. The summed E-state index contributed by atoms with van der Waals surface area (Å²) >= 11 is 0. The molecule has 0 saturated heterocycles. The van der Waals surface area contributed by atoms with Crippen LogP contribution in [0.2, 0.25) is 0 Å². The van der Waals surface area contributed by atoms with E-state index in [0.29, 0.717) is 6.42 Å². The molecule has 0 heterocycles. The van der Waals surface area contributed by atoms with Gasteiger partial charge in [-0.15, -0.1) is 0 Å². The molecule has 2 aliphatic carbocycles. The fraction of sp³-hybridized carbons (Fsp3) is 0.579. The maximum atomic E-state index is 12.2. The van der Waals surface area contributed by atoms with E-state index >= 15 is 0 Å². The van der Waals surface area contributed by atoms with Gasteiger partial charge in [-0.3, -0.25) is 9.59 Å². The molecule has 2 aliphatic rings. The summed E-state index contributed by atoms with van der Waals surface area (Å²) in [7, 11) is 0. The van der Waals surface area contributed by atoms with Gasteiger partial charge in [-0.2, -0.15) is 0 Å². The Labute approximate surface area is 142 Å². The molecule has 3 N–H and O–H groups in total. The smallest absolute Gasteiger partial charge is 0.227 e. The van der Waals surface area contributed by atoms with Gasteiger partial charge in [0.2, 0.25) is 11.8 Å². The van der Waals surface area contributed by atoms with E-state index in [0.717, 1.165) is 49.8 Å². The van der Waals surface area contributed by atoms with E-state index in [-0.39, 0.29) is 36.3 Å². The molecule has 2 amide bonds. The number of rotatable bonds is 6. The second kappa shape index (κ2) is 7.79. The first-order chi connectivity index (χ1) is 11.7. The Morgan fingerprint density at radius 3 is 2.42 bits per heavy atom. The van der Waals surface area contributed by atoms with E-state index in [4.69, 9.17) is 0 Å². The van der Waals surface area contributed by atoms with Crippen molar-refractivity contribution in [3.05, 3.63) is 29.8 Å². The monoisotopic (exact) mass is 330 g/mol. The molecule has 2 atom stereocenters. The molecule has 0 spiro atoms. The molecule has 2 saturated carbocycles. The van der Waals surface area contributed by atoms with Crippen LogP contribution >= 0.6 is 0 Å². The molecule has 1 aromatic carbocycles. The number of amides is 2. The summed E-state index contributed by atoms with van der Waals surface area (Å²) in [4.78, 5) is 24.0. The molecule has 1 aromatic rings. The highest BCUT2D eigenvalue weighted by Gasteiger charge is 2.29. The molecule has 0 aromatic heterocycles. The van der Waals surface area contributed by atoms with E-state index in [1.165, 1.54) is 0 Å². The Kier molecular flexibility index (Phi) is 5.51. The number of anilines is 1. The van der Waals surface area contributed by atoms with Gasteiger partial charge in [-0.05, 0) is 43.4 Å². The number of hydrogen-bond donors (Lipinski definition) is 3. The number of nitrogens with one attached hydrogen (secondary N) is 2. The van der Waals surface area contributed by atoms with Crippen molar-refractivity contribution in [1.82, 2.24) is 5.32 Å². The summed E-state index contributed by atoms with van der Waals surface area (Å²) in [5, 5.41) is 15.4. The molecule has 130 valence electrons. The maximum absolute atomic E-state index is 12.2. The van der Waals surface area contributed by atoms with E-state index in [9.17, 15) is 14.7 Å². The van der Waals surface area contributed by atoms with Crippen molar-refractivity contribution >= 4 is 17.5 Å². The van der Waals surface area contributed by atoms with Crippen molar-refractivity contribution in [2.75, 3.05) is 11.9 Å². The Bertz CT molecular complexity index is 581. The van der Waals surface area contributed by atoms with Crippen LogP contribution in [-0.2, 0) is 16.0 Å². The SMILES string of the molecule is O=C(Cc1ccc(NC(=O)C2CC2)cc1)NC1CCCCC1CO. The van der Waals surface area contributed by atoms with E-state index < -0.39 is 0 Å². The maximum Gasteiger partial charge on any atom is 0.227 e. The lowest BCUT2D eigenvalue weighted by Crippen LogP contribution is -2.44. The van der Waals surface area contributed by atoms with Crippen molar-refractivity contribution in [2.45, 2.75) is 51.0 Å². The van der Waals surface area contributed by atoms with Crippen molar-refractivity contribution in [1.29, 1.82) is 0 Å². The highest BCUT2D eigenvalue weighted by atomic mass is 16.3. The molecule has 2 fully saturated rings. The first-order valence-corrected chi connectivity index (χ1v) is 8.95. The molecule has 3 rings (SSSR count). The van der Waals surface area contributed by atoms with Crippen LogP contribution in [0, 0.1) is 11.8 Å². The summed E-state index contributed by atoms with van der Waals surface area (Å²) in [5.74, 6) is 0.455. The minimum Gasteiger partial charge on any atom is -0.396 e. The normalized spacial score (nSPS) is 23.5. The number of carbonyl (C=O) groups excluding carboxylic acids is 2. The minimum absolute atomic E-state index is 0.00452. The largest absolute Gasteiger partial charge is 0.396 e. The third-order valence-corrected chi connectivity index (χ3v) is 5.02. The number of aliphatic hydroxyl groups is 1. The molecule has 5 nitrogen and oxygen atoms in total. The van der Waals surface area contributed by atoms with Crippen LogP contribution in [0.1, 0.15) is 44.1 Å². The predicted molar refractivity (Wildman–Crippen MR) is 92.5 cm³/mol. The molecule has 0 radical (unpaired) electrons. The number of benzene rings is 1. The molecule has 5 heteroatoms. The zero-order valence-corrected chi connectivity index (χ0v) is 14.0. The minimum atomic E-state index is -0.00452. The summed E-state index contributed by atoms with van der Waals surface area (Å²) in [5.41, 5.74) is 1.71. The van der Waals surface area contributed by atoms with Crippen LogP contribution in [0.4, 0.5) is 5.69 Å². The van der Waals surface area contributed by atoms with Gasteiger partial charge < -0.3 is 15.7 Å². The molecular weight excluding hydrogens is 304 g/mol. The topological polar surface area (TPSA) is 78.4 Å². The highest BCUT2D eigenvalue weighted by Crippen LogP contribution is 2.30. The van der Waals surface area contributed by atoms with Gasteiger partial charge in [0.15, 0.2) is 0 Å². The fourth-order valence-corrected chi connectivity index (χ4v) is 3.36. The van der Waals surface area contributed by atoms with E-state index in [1.807, 2.05) is 24.3 Å². The number of carbonyl (C=O) groups is 2. The van der Waals surface area contributed by atoms with Gasteiger partial charge in [-0.25, -0.2) is 0 Å². The Morgan fingerprint density at radius 1 is 1.04 bits per heavy atom.